The van der Waals surface area contributed by atoms with E-state index in [1.54, 1.807) is 12.3 Å². The predicted octanol–water partition coefficient (Wildman–Crippen LogP) is 3.53. The third kappa shape index (κ3) is 4.25. The van der Waals surface area contributed by atoms with Crippen LogP contribution in [0.1, 0.15) is 62.8 Å². The normalized spacial score (nSPS) is 21.2. The van der Waals surface area contributed by atoms with Crippen molar-refractivity contribution in [2.45, 2.75) is 58.0 Å². The molecular formula is C27H29F2N7O2. The Morgan fingerprint density at radius 2 is 1.84 bits per heavy atom. The van der Waals surface area contributed by atoms with E-state index >= 15 is 0 Å². The summed E-state index contributed by atoms with van der Waals surface area (Å²) in [4.78, 5) is 13.4. The van der Waals surface area contributed by atoms with Crippen molar-refractivity contribution in [3.8, 4) is 17.2 Å². The minimum Gasteiger partial charge on any atom is -0.394 e. The molecule has 1 aromatic carbocycles. The van der Waals surface area contributed by atoms with Crippen LogP contribution in [-0.4, -0.2) is 57.9 Å². The minimum absolute atomic E-state index is 0.0642. The van der Waals surface area contributed by atoms with Gasteiger partial charge in [0.1, 0.15) is 18.0 Å². The molecule has 0 bridgehead atoms. The average molecular weight is 522 g/mol. The average Bonchev–Trinajstić information content (AvgIpc) is 3.35. The smallest absolute Gasteiger partial charge is 0.252 e. The van der Waals surface area contributed by atoms with E-state index in [1.807, 2.05) is 13.0 Å². The highest BCUT2D eigenvalue weighted by Gasteiger charge is 2.52. The van der Waals surface area contributed by atoms with Crippen LogP contribution in [0.15, 0.2) is 42.9 Å². The molecule has 1 aliphatic rings. The third-order valence-corrected chi connectivity index (χ3v) is 7.75. The molecule has 3 aromatic heterocycles. The van der Waals surface area contributed by atoms with Gasteiger partial charge in [0.2, 0.25) is 0 Å². The van der Waals surface area contributed by atoms with Gasteiger partial charge < -0.3 is 10.2 Å². The third-order valence-electron chi connectivity index (χ3n) is 7.75. The van der Waals surface area contributed by atoms with Crippen molar-refractivity contribution in [1.82, 2.24) is 34.9 Å². The lowest BCUT2D eigenvalue weighted by Gasteiger charge is -2.49. The van der Waals surface area contributed by atoms with E-state index in [4.69, 9.17) is 10.1 Å². The van der Waals surface area contributed by atoms with E-state index in [9.17, 15) is 13.9 Å². The van der Waals surface area contributed by atoms with Gasteiger partial charge in [-0.05, 0) is 54.5 Å². The lowest BCUT2D eigenvalue weighted by Crippen LogP contribution is -2.47. The van der Waals surface area contributed by atoms with Crippen LogP contribution in [0.25, 0.3) is 17.2 Å². The van der Waals surface area contributed by atoms with Gasteiger partial charge in [0.25, 0.3) is 5.95 Å². The summed E-state index contributed by atoms with van der Waals surface area (Å²) in [6.45, 7) is 8.02. The number of benzene rings is 1. The van der Waals surface area contributed by atoms with Gasteiger partial charge in [-0.3, -0.25) is 0 Å². The number of nitrogens with zero attached hydrogens (tertiary/aromatic N) is 7. The van der Waals surface area contributed by atoms with E-state index in [2.05, 4.69) is 46.0 Å². The summed E-state index contributed by atoms with van der Waals surface area (Å²) in [7, 11) is 0. The van der Waals surface area contributed by atoms with Crippen LogP contribution >= 0.6 is 0 Å². The number of hydrogen-bond donors (Lipinski definition) is 2. The Bertz CT molecular complexity index is 1470. The maximum Gasteiger partial charge on any atom is 0.252 e. The number of hydrogen-bond acceptors (Lipinski definition) is 8. The van der Waals surface area contributed by atoms with Crippen molar-refractivity contribution >= 4 is 0 Å². The van der Waals surface area contributed by atoms with Gasteiger partial charge in [0, 0.05) is 12.6 Å². The van der Waals surface area contributed by atoms with Gasteiger partial charge in [0.05, 0.1) is 40.8 Å². The standard InChI is InChI=1S/C27H29F2N7O2/c1-15-12-26(2,3)27(4,24-17(15)11-20(33-34-24)23-18(28)6-5-7-19(23)29)21-8-9-30-25(32-21)36-14-31-22(35-36)10-16(38)13-37/h5-9,11,14-16,37-38H,10,12-13H2,1-4H3/t15-,16+,27+/m1/s1. The number of aliphatic hydroxyl groups is 2. The molecule has 11 heteroatoms. The Morgan fingerprint density at radius 3 is 2.55 bits per heavy atom. The molecule has 0 spiro atoms. The fourth-order valence-corrected chi connectivity index (χ4v) is 5.40. The summed E-state index contributed by atoms with van der Waals surface area (Å²) >= 11 is 0. The summed E-state index contributed by atoms with van der Waals surface area (Å²) < 4.78 is 30.5. The Kier molecular flexibility index (Phi) is 6.52. The molecule has 0 saturated heterocycles. The second kappa shape index (κ2) is 9.55. The highest BCUT2D eigenvalue weighted by molar-refractivity contribution is 5.62. The van der Waals surface area contributed by atoms with Gasteiger partial charge in [-0.15, -0.1) is 10.2 Å². The Balaban J connectivity index is 1.60. The van der Waals surface area contributed by atoms with Crippen molar-refractivity contribution in [3.05, 3.63) is 77.3 Å². The van der Waals surface area contributed by atoms with Crippen molar-refractivity contribution in [1.29, 1.82) is 0 Å². The first-order valence-electron chi connectivity index (χ1n) is 12.4. The van der Waals surface area contributed by atoms with Crippen molar-refractivity contribution in [3.63, 3.8) is 0 Å². The summed E-state index contributed by atoms with van der Waals surface area (Å²) in [5, 5.41) is 32.0. The number of aliphatic hydroxyl groups excluding tert-OH is 2. The molecule has 0 amide bonds. The molecule has 2 N–H and O–H groups in total. The van der Waals surface area contributed by atoms with Gasteiger partial charge >= 0.3 is 0 Å². The lowest BCUT2D eigenvalue weighted by molar-refractivity contribution is 0.0939. The first-order chi connectivity index (χ1) is 18.0. The van der Waals surface area contributed by atoms with Gasteiger partial charge in [-0.2, -0.15) is 9.78 Å². The molecule has 0 fully saturated rings. The Morgan fingerprint density at radius 1 is 1.11 bits per heavy atom. The molecule has 3 atom stereocenters. The monoisotopic (exact) mass is 521 g/mol. The molecular weight excluding hydrogens is 492 g/mol. The number of aromatic nitrogens is 7. The molecule has 0 radical (unpaired) electrons. The molecule has 38 heavy (non-hydrogen) atoms. The zero-order valence-electron chi connectivity index (χ0n) is 21.6. The molecule has 3 heterocycles. The first-order valence-corrected chi connectivity index (χ1v) is 12.4. The Hall–Kier alpha value is -3.70. The fourth-order valence-electron chi connectivity index (χ4n) is 5.40. The van der Waals surface area contributed by atoms with Crippen molar-refractivity contribution in [2.24, 2.45) is 5.41 Å². The van der Waals surface area contributed by atoms with Crippen LogP contribution < -0.4 is 0 Å². The van der Waals surface area contributed by atoms with E-state index in [1.165, 1.54) is 29.2 Å². The predicted molar refractivity (Wildman–Crippen MR) is 134 cm³/mol. The van der Waals surface area contributed by atoms with E-state index in [0.29, 0.717) is 17.2 Å². The van der Waals surface area contributed by atoms with Crippen LogP contribution in [0.4, 0.5) is 8.78 Å². The molecule has 4 aromatic rings. The van der Waals surface area contributed by atoms with Crippen LogP contribution in [0, 0.1) is 17.0 Å². The van der Waals surface area contributed by atoms with Gasteiger partial charge in [-0.25, -0.2) is 23.7 Å². The highest BCUT2D eigenvalue weighted by Crippen LogP contribution is 2.56. The van der Waals surface area contributed by atoms with E-state index in [-0.39, 0.29) is 35.0 Å². The summed E-state index contributed by atoms with van der Waals surface area (Å²) in [6.07, 6.45) is 3.00. The molecule has 5 rings (SSSR count). The molecule has 0 unspecified atom stereocenters. The van der Waals surface area contributed by atoms with Gasteiger partial charge in [0.15, 0.2) is 5.82 Å². The fraction of sp³-hybridized carbons (Fsp3) is 0.407. The molecule has 1 aliphatic carbocycles. The minimum atomic E-state index is -0.958. The summed E-state index contributed by atoms with van der Waals surface area (Å²) in [5.41, 5.74) is 1.16. The van der Waals surface area contributed by atoms with Crippen LogP contribution in [0.5, 0.6) is 0 Å². The molecule has 198 valence electrons. The van der Waals surface area contributed by atoms with E-state index in [0.717, 1.165) is 12.0 Å². The molecule has 0 aliphatic heterocycles. The first kappa shape index (κ1) is 25.9. The van der Waals surface area contributed by atoms with Crippen molar-refractivity contribution in [2.75, 3.05) is 6.61 Å². The summed E-state index contributed by atoms with van der Waals surface area (Å²) in [5.74, 6) is -0.679. The van der Waals surface area contributed by atoms with Crippen LogP contribution in [0.3, 0.4) is 0 Å². The molecule has 9 nitrogen and oxygen atoms in total. The van der Waals surface area contributed by atoms with Crippen LogP contribution in [0.2, 0.25) is 0 Å². The Labute approximate surface area is 218 Å². The highest BCUT2D eigenvalue weighted by atomic mass is 19.1. The SMILES string of the molecule is C[C@@H]1CC(C)(C)[C@@](C)(c2ccnc(-n3cnc(C[C@H](O)CO)n3)n2)c2nnc(-c3c(F)cccc3F)cc21. The number of halogens is 2. The van der Waals surface area contributed by atoms with Crippen molar-refractivity contribution < 1.29 is 19.0 Å². The van der Waals surface area contributed by atoms with Gasteiger partial charge in [-0.1, -0.05) is 26.8 Å². The quantitative estimate of drug-likeness (QED) is 0.395. The topological polar surface area (TPSA) is 123 Å². The van der Waals surface area contributed by atoms with E-state index < -0.39 is 29.8 Å². The van der Waals surface area contributed by atoms with Crippen LogP contribution in [-0.2, 0) is 11.8 Å². The largest absolute Gasteiger partial charge is 0.394 e. The summed E-state index contributed by atoms with van der Waals surface area (Å²) in [6, 6.07) is 7.30. The maximum absolute atomic E-state index is 14.5. The zero-order chi connectivity index (χ0) is 27.2. The second-order valence-electron chi connectivity index (χ2n) is 10.6. The number of fused-ring (bicyclic) bond motifs is 1. The second-order valence-corrected chi connectivity index (χ2v) is 10.6. The maximum atomic E-state index is 14.5. The molecule has 0 saturated carbocycles. The lowest BCUT2D eigenvalue weighted by atomic mass is 9.54. The zero-order valence-corrected chi connectivity index (χ0v) is 21.6. The number of rotatable bonds is 6.